The summed E-state index contributed by atoms with van der Waals surface area (Å²) in [5.41, 5.74) is 3.93. The molecule has 0 bridgehead atoms. The Morgan fingerprint density at radius 2 is 1.77 bits per heavy atom. The van der Waals surface area contributed by atoms with E-state index in [0.29, 0.717) is 17.2 Å². The fraction of sp³-hybridized carbons (Fsp3) is 0.304. The third kappa shape index (κ3) is 3.61. The predicted octanol–water partition coefficient (Wildman–Crippen LogP) is 4.83. The number of nitrogens with one attached hydrogen (secondary N) is 1. The maximum absolute atomic E-state index is 15.1. The first kappa shape index (κ1) is 20.6. The molecular formula is C23H24ClFN4O. The van der Waals surface area contributed by atoms with Crippen LogP contribution in [0.25, 0.3) is 32.9 Å². The lowest BCUT2D eigenvalue weighted by molar-refractivity contribution is 0.418. The van der Waals surface area contributed by atoms with E-state index in [1.165, 1.54) is 0 Å². The monoisotopic (exact) mass is 426 g/mol. The second-order valence-electron chi connectivity index (χ2n) is 7.71. The Labute approximate surface area is 180 Å². The minimum atomic E-state index is -0.293. The maximum atomic E-state index is 15.1. The molecule has 30 heavy (non-hydrogen) atoms. The van der Waals surface area contributed by atoms with Crippen LogP contribution in [0.4, 0.5) is 4.39 Å². The molecule has 5 nitrogen and oxygen atoms in total. The van der Waals surface area contributed by atoms with Gasteiger partial charge in [0.1, 0.15) is 22.6 Å². The number of methoxy groups -OCH3 is 1. The molecular weight excluding hydrogens is 403 g/mol. The summed E-state index contributed by atoms with van der Waals surface area (Å²) < 4.78 is 22.3. The molecule has 0 saturated carbocycles. The number of piperidine rings is 1. The van der Waals surface area contributed by atoms with Gasteiger partial charge in [-0.1, -0.05) is 6.07 Å². The highest BCUT2D eigenvalue weighted by molar-refractivity contribution is 5.92. The Morgan fingerprint density at radius 3 is 2.53 bits per heavy atom. The molecule has 5 rings (SSSR count). The van der Waals surface area contributed by atoms with Crippen LogP contribution in [0.5, 0.6) is 5.75 Å². The van der Waals surface area contributed by atoms with E-state index in [0.717, 1.165) is 59.0 Å². The van der Waals surface area contributed by atoms with Crippen molar-refractivity contribution in [3.05, 3.63) is 54.1 Å². The number of aromatic nitrogens is 3. The molecule has 1 fully saturated rings. The minimum absolute atomic E-state index is 0. The van der Waals surface area contributed by atoms with Crippen molar-refractivity contribution >= 4 is 34.2 Å². The van der Waals surface area contributed by atoms with E-state index in [1.807, 2.05) is 43.6 Å². The molecule has 0 radical (unpaired) electrons. The molecule has 0 amide bonds. The molecule has 0 spiro atoms. The molecule has 0 aliphatic carbocycles. The van der Waals surface area contributed by atoms with Gasteiger partial charge in [-0.2, -0.15) is 5.10 Å². The first-order valence-electron chi connectivity index (χ1n) is 9.95. The van der Waals surface area contributed by atoms with Crippen LogP contribution in [0.15, 0.2) is 42.6 Å². The van der Waals surface area contributed by atoms with Crippen LogP contribution in [0, 0.1) is 5.82 Å². The number of hydrogen-bond donors (Lipinski definition) is 1. The van der Waals surface area contributed by atoms with Crippen molar-refractivity contribution in [1.82, 2.24) is 20.1 Å². The number of rotatable bonds is 3. The highest BCUT2D eigenvalue weighted by atomic mass is 35.5. The van der Waals surface area contributed by atoms with Gasteiger partial charge in [0.2, 0.25) is 0 Å². The fourth-order valence-electron chi connectivity index (χ4n) is 4.26. The standard InChI is InChI=1S/C23H23FN4O.ClH/c1-28-13-18-10-17(12-21(29-2)23(18)27-28)16-9-15-3-4-20(14-5-7-25-8-6-14)26-22(15)19(24)11-16;/h3-4,9-14,25H,5-8H2,1-2H3;1H. The lowest BCUT2D eigenvalue weighted by atomic mass is 9.93. The summed E-state index contributed by atoms with van der Waals surface area (Å²) in [6.07, 6.45) is 4.03. The lowest BCUT2D eigenvalue weighted by Gasteiger charge is -2.22. The van der Waals surface area contributed by atoms with E-state index in [9.17, 15) is 0 Å². The lowest BCUT2D eigenvalue weighted by Crippen LogP contribution is -2.27. The first-order chi connectivity index (χ1) is 14.1. The van der Waals surface area contributed by atoms with Gasteiger partial charge in [-0.25, -0.2) is 9.37 Å². The van der Waals surface area contributed by atoms with Gasteiger partial charge >= 0.3 is 0 Å². The summed E-state index contributed by atoms with van der Waals surface area (Å²) in [6, 6.07) is 11.5. The number of aryl methyl sites for hydroxylation is 1. The molecule has 2 aromatic heterocycles. The van der Waals surface area contributed by atoms with Gasteiger partial charge in [-0.15, -0.1) is 12.4 Å². The van der Waals surface area contributed by atoms with Gasteiger partial charge < -0.3 is 10.1 Å². The Bertz CT molecular complexity index is 1220. The van der Waals surface area contributed by atoms with Crippen LogP contribution < -0.4 is 10.1 Å². The number of ether oxygens (including phenoxy) is 1. The maximum Gasteiger partial charge on any atom is 0.150 e. The average molecular weight is 427 g/mol. The Hall–Kier alpha value is -2.70. The summed E-state index contributed by atoms with van der Waals surface area (Å²) in [7, 11) is 3.50. The van der Waals surface area contributed by atoms with Crippen LogP contribution in [-0.4, -0.2) is 35.0 Å². The van der Waals surface area contributed by atoms with Crippen LogP contribution >= 0.6 is 12.4 Å². The van der Waals surface area contributed by atoms with E-state index in [-0.39, 0.29) is 18.2 Å². The molecule has 1 aliphatic heterocycles. The highest BCUT2D eigenvalue weighted by Gasteiger charge is 2.18. The second-order valence-corrected chi connectivity index (χ2v) is 7.71. The van der Waals surface area contributed by atoms with Gasteiger partial charge in [0.05, 0.1) is 7.11 Å². The van der Waals surface area contributed by atoms with Crippen LogP contribution in [0.2, 0.25) is 0 Å². The third-order valence-electron chi connectivity index (χ3n) is 5.77. The quantitative estimate of drug-likeness (QED) is 0.510. The van der Waals surface area contributed by atoms with Gasteiger partial charge in [0.15, 0.2) is 0 Å². The molecule has 1 saturated heterocycles. The minimum Gasteiger partial charge on any atom is -0.494 e. The molecule has 0 atom stereocenters. The summed E-state index contributed by atoms with van der Waals surface area (Å²) in [5.74, 6) is 0.786. The number of hydrogen-bond acceptors (Lipinski definition) is 4. The van der Waals surface area contributed by atoms with Crippen molar-refractivity contribution < 1.29 is 9.13 Å². The Morgan fingerprint density at radius 1 is 1.03 bits per heavy atom. The second kappa shape index (κ2) is 8.20. The summed E-state index contributed by atoms with van der Waals surface area (Å²) in [4.78, 5) is 4.68. The van der Waals surface area contributed by atoms with E-state index in [1.54, 1.807) is 17.9 Å². The number of benzene rings is 2. The van der Waals surface area contributed by atoms with E-state index < -0.39 is 0 Å². The molecule has 4 aromatic rings. The smallest absolute Gasteiger partial charge is 0.150 e. The van der Waals surface area contributed by atoms with Crippen molar-refractivity contribution in [2.45, 2.75) is 18.8 Å². The van der Waals surface area contributed by atoms with Crippen molar-refractivity contribution in [2.75, 3.05) is 20.2 Å². The molecule has 1 N–H and O–H groups in total. The summed E-state index contributed by atoms with van der Waals surface area (Å²) in [6.45, 7) is 1.98. The van der Waals surface area contributed by atoms with Crippen LogP contribution in [0.3, 0.4) is 0 Å². The Kier molecular flexibility index (Phi) is 5.62. The van der Waals surface area contributed by atoms with Crippen molar-refractivity contribution in [3.63, 3.8) is 0 Å². The largest absolute Gasteiger partial charge is 0.494 e. The highest BCUT2D eigenvalue weighted by Crippen LogP contribution is 2.34. The van der Waals surface area contributed by atoms with Crippen LogP contribution in [-0.2, 0) is 7.05 Å². The van der Waals surface area contributed by atoms with E-state index >= 15 is 4.39 Å². The molecule has 7 heteroatoms. The zero-order valence-electron chi connectivity index (χ0n) is 17.0. The molecule has 2 aromatic carbocycles. The fourth-order valence-corrected chi connectivity index (χ4v) is 4.26. The summed E-state index contributed by atoms with van der Waals surface area (Å²) >= 11 is 0. The van der Waals surface area contributed by atoms with Gasteiger partial charge in [0, 0.05) is 35.6 Å². The van der Waals surface area contributed by atoms with Gasteiger partial charge in [-0.3, -0.25) is 4.68 Å². The van der Waals surface area contributed by atoms with E-state index in [2.05, 4.69) is 15.4 Å². The van der Waals surface area contributed by atoms with Gasteiger partial charge in [-0.05, 0) is 67.4 Å². The average Bonchev–Trinajstić information content (AvgIpc) is 3.13. The number of nitrogens with zero attached hydrogens (tertiary/aromatic N) is 3. The number of pyridine rings is 1. The van der Waals surface area contributed by atoms with Crippen LogP contribution in [0.1, 0.15) is 24.5 Å². The topological polar surface area (TPSA) is 52.0 Å². The predicted molar refractivity (Wildman–Crippen MR) is 120 cm³/mol. The Balaban J connectivity index is 0.00000218. The van der Waals surface area contributed by atoms with E-state index in [4.69, 9.17) is 4.74 Å². The molecule has 3 heterocycles. The number of halogens is 2. The van der Waals surface area contributed by atoms with Crippen molar-refractivity contribution in [2.24, 2.45) is 7.05 Å². The molecule has 156 valence electrons. The zero-order valence-corrected chi connectivity index (χ0v) is 17.8. The number of fused-ring (bicyclic) bond motifs is 2. The molecule has 0 unspecified atom stereocenters. The third-order valence-corrected chi connectivity index (χ3v) is 5.77. The molecule has 1 aliphatic rings. The summed E-state index contributed by atoms with van der Waals surface area (Å²) in [5, 5.41) is 9.58. The normalized spacial score (nSPS) is 14.8. The zero-order chi connectivity index (χ0) is 20.0. The van der Waals surface area contributed by atoms with Crippen molar-refractivity contribution in [1.29, 1.82) is 0 Å². The van der Waals surface area contributed by atoms with Crippen molar-refractivity contribution in [3.8, 4) is 16.9 Å². The SMILES string of the molecule is COc1cc(-c2cc(F)c3nc(C4CCNCC4)ccc3c2)cc2cn(C)nc12.Cl. The first-order valence-corrected chi connectivity index (χ1v) is 9.95. The van der Waals surface area contributed by atoms with Gasteiger partial charge in [0.25, 0.3) is 0 Å².